The minimum atomic E-state index is -0.503. The summed E-state index contributed by atoms with van der Waals surface area (Å²) in [4.78, 5) is 0. The van der Waals surface area contributed by atoms with E-state index in [2.05, 4.69) is 38.8 Å². The van der Waals surface area contributed by atoms with E-state index in [-0.39, 0.29) is 12.2 Å². The number of hydrogen-bond donors (Lipinski definition) is 0. The lowest BCUT2D eigenvalue weighted by molar-refractivity contribution is 0.436. The number of nitriles is 1. The van der Waals surface area contributed by atoms with Gasteiger partial charge in [-0.1, -0.05) is 18.7 Å². The lowest BCUT2D eigenvalue weighted by atomic mass is 10.0. The van der Waals surface area contributed by atoms with Crippen molar-refractivity contribution in [2.45, 2.75) is 13.3 Å². The molecule has 0 N–H and O–H groups in total. The highest BCUT2D eigenvalue weighted by molar-refractivity contribution is 9.10. The average Bonchev–Trinajstić information content (AvgIpc) is 2.85. The van der Waals surface area contributed by atoms with E-state index in [0.717, 1.165) is 5.56 Å². The molecule has 134 valence electrons. The van der Waals surface area contributed by atoms with Gasteiger partial charge in [0.25, 0.3) is 0 Å². The Morgan fingerprint density at radius 3 is 2.89 bits per heavy atom. The Morgan fingerprint density at radius 1 is 1.30 bits per heavy atom. The van der Waals surface area contributed by atoms with Crippen LogP contribution in [0.1, 0.15) is 16.7 Å². The quantitative estimate of drug-likeness (QED) is 0.637. The molecule has 0 spiro atoms. The Labute approximate surface area is 165 Å². The summed E-state index contributed by atoms with van der Waals surface area (Å²) in [5, 5.41) is 17.1. The molecule has 2 aromatic carbocycles. The summed E-state index contributed by atoms with van der Waals surface area (Å²) in [6.45, 7) is 5.77. The Hall–Kier alpha value is -3.04. The smallest absolute Gasteiger partial charge is 0.177 e. The highest BCUT2D eigenvalue weighted by atomic mass is 79.9. The zero-order valence-electron chi connectivity index (χ0n) is 14.5. The molecule has 0 unspecified atom stereocenters. The number of rotatable bonds is 4. The lowest BCUT2D eigenvalue weighted by Crippen LogP contribution is -2.07. The predicted octanol–water partition coefficient (Wildman–Crippen LogP) is 5.66. The second-order valence-electron chi connectivity index (χ2n) is 5.97. The van der Waals surface area contributed by atoms with Gasteiger partial charge >= 0.3 is 0 Å². The standard InChI is InChI=1S/C21H15BrFN3O/c1-13-8-15(12-24)10-17(9-13)27-21-18(22)6-5-16(20(21)23)11-19-14(2)4-3-7-25-26-19/h3-10H,2,11H2,1H3. The zero-order chi connectivity index (χ0) is 19.4. The SMILES string of the molecule is C=C1C=CC=NN=C1Cc1ccc(Br)c(Oc2cc(C)cc(C#N)c2)c1F. The van der Waals surface area contributed by atoms with Gasteiger partial charge in [-0.25, -0.2) is 4.39 Å². The van der Waals surface area contributed by atoms with Crippen molar-refractivity contribution in [2.75, 3.05) is 0 Å². The summed E-state index contributed by atoms with van der Waals surface area (Å²) in [5.41, 5.74) is 2.97. The van der Waals surface area contributed by atoms with Crippen LogP contribution in [0.15, 0.2) is 69.3 Å². The Kier molecular flexibility index (Phi) is 5.63. The monoisotopic (exact) mass is 423 g/mol. The predicted molar refractivity (Wildman–Crippen MR) is 108 cm³/mol. The molecule has 3 rings (SSSR count). The molecule has 0 radical (unpaired) electrons. The topological polar surface area (TPSA) is 57.7 Å². The van der Waals surface area contributed by atoms with Crippen molar-refractivity contribution in [2.24, 2.45) is 10.2 Å². The van der Waals surface area contributed by atoms with Crippen LogP contribution in [0.5, 0.6) is 11.5 Å². The van der Waals surface area contributed by atoms with E-state index < -0.39 is 5.82 Å². The van der Waals surface area contributed by atoms with Crippen molar-refractivity contribution < 1.29 is 9.13 Å². The number of nitrogens with zero attached hydrogens (tertiary/aromatic N) is 3. The molecule has 4 nitrogen and oxygen atoms in total. The highest BCUT2D eigenvalue weighted by Crippen LogP contribution is 2.35. The van der Waals surface area contributed by atoms with E-state index in [1.807, 2.05) is 6.92 Å². The van der Waals surface area contributed by atoms with Crippen LogP contribution in [0.2, 0.25) is 0 Å². The van der Waals surface area contributed by atoms with E-state index in [4.69, 9.17) is 10.00 Å². The molecule has 0 saturated carbocycles. The van der Waals surface area contributed by atoms with Gasteiger partial charge in [0.05, 0.1) is 21.8 Å². The van der Waals surface area contributed by atoms with Gasteiger partial charge in [0.2, 0.25) is 0 Å². The van der Waals surface area contributed by atoms with Crippen LogP contribution in [0, 0.1) is 24.1 Å². The third kappa shape index (κ3) is 4.39. The van der Waals surface area contributed by atoms with E-state index in [1.54, 1.807) is 48.7 Å². The number of benzene rings is 2. The molecule has 0 aromatic heterocycles. The fourth-order valence-electron chi connectivity index (χ4n) is 2.58. The molecular weight excluding hydrogens is 409 g/mol. The molecule has 0 atom stereocenters. The van der Waals surface area contributed by atoms with Crippen molar-refractivity contribution in [3.8, 4) is 17.6 Å². The van der Waals surface area contributed by atoms with Crippen molar-refractivity contribution >= 4 is 27.9 Å². The molecule has 2 aromatic rings. The maximum Gasteiger partial charge on any atom is 0.177 e. The maximum atomic E-state index is 15.1. The van der Waals surface area contributed by atoms with Crippen LogP contribution in [0.25, 0.3) is 0 Å². The number of aryl methyl sites for hydroxylation is 1. The van der Waals surface area contributed by atoms with Gasteiger partial charge in [-0.2, -0.15) is 15.5 Å². The molecule has 0 saturated heterocycles. The van der Waals surface area contributed by atoms with Crippen molar-refractivity contribution in [3.63, 3.8) is 0 Å². The highest BCUT2D eigenvalue weighted by Gasteiger charge is 2.17. The second-order valence-corrected chi connectivity index (χ2v) is 6.82. The van der Waals surface area contributed by atoms with Crippen molar-refractivity contribution in [1.29, 1.82) is 5.26 Å². The summed E-state index contributed by atoms with van der Waals surface area (Å²) >= 11 is 3.33. The van der Waals surface area contributed by atoms with E-state index in [0.29, 0.717) is 32.6 Å². The van der Waals surface area contributed by atoms with E-state index in [1.165, 1.54) is 0 Å². The van der Waals surface area contributed by atoms with Gasteiger partial charge in [-0.15, -0.1) is 0 Å². The van der Waals surface area contributed by atoms with Crippen LogP contribution in [0.4, 0.5) is 4.39 Å². The molecular formula is C21H15BrFN3O. The maximum absolute atomic E-state index is 15.1. The van der Waals surface area contributed by atoms with Gasteiger partial charge in [0, 0.05) is 12.6 Å². The Morgan fingerprint density at radius 2 is 2.11 bits per heavy atom. The third-order valence-corrected chi connectivity index (χ3v) is 4.51. The van der Waals surface area contributed by atoms with E-state index >= 15 is 4.39 Å². The Balaban J connectivity index is 1.95. The van der Waals surface area contributed by atoms with Gasteiger partial charge in [-0.3, -0.25) is 0 Å². The van der Waals surface area contributed by atoms with Gasteiger partial charge in [0.15, 0.2) is 11.6 Å². The van der Waals surface area contributed by atoms with Crippen LogP contribution in [0.3, 0.4) is 0 Å². The molecule has 1 aliphatic rings. The minimum Gasteiger partial charge on any atom is -0.453 e. The number of allylic oxidation sites excluding steroid dienone is 3. The van der Waals surface area contributed by atoms with Crippen molar-refractivity contribution in [1.82, 2.24) is 0 Å². The zero-order valence-corrected chi connectivity index (χ0v) is 16.1. The first kappa shape index (κ1) is 18.7. The van der Waals surface area contributed by atoms with Crippen LogP contribution in [-0.2, 0) is 6.42 Å². The van der Waals surface area contributed by atoms with Crippen LogP contribution in [-0.4, -0.2) is 11.9 Å². The molecule has 6 heteroatoms. The summed E-state index contributed by atoms with van der Waals surface area (Å²) < 4.78 is 21.4. The average molecular weight is 424 g/mol. The van der Waals surface area contributed by atoms with Crippen molar-refractivity contribution in [3.05, 3.63) is 81.6 Å². The first-order valence-corrected chi connectivity index (χ1v) is 8.89. The van der Waals surface area contributed by atoms with Crippen LogP contribution < -0.4 is 4.74 Å². The second kappa shape index (κ2) is 8.11. The molecule has 0 amide bonds. The third-order valence-electron chi connectivity index (χ3n) is 3.89. The Bertz CT molecular complexity index is 1050. The lowest BCUT2D eigenvalue weighted by Gasteiger charge is -2.13. The molecule has 0 fully saturated rings. The summed E-state index contributed by atoms with van der Waals surface area (Å²) in [6, 6.07) is 10.5. The minimum absolute atomic E-state index is 0.0564. The van der Waals surface area contributed by atoms with Gasteiger partial charge in [-0.05, 0) is 69.9 Å². The number of hydrogen-bond acceptors (Lipinski definition) is 4. The van der Waals surface area contributed by atoms with E-state index in [9.17, 15) is 0 Å². The summed E-state index contributed by atoms with van der Waals surface area (Å²) in [7, 11) is 0. The van der Waals surface area contributed by atoms with Gasteiger partial charge < -0.3 is 4.74 Å². The number of halogens is 2. The molecule has 0 aliphatic carbocycles. The molecule has 0 bridgehead atoms. The fourth-order valence-corrected chi connectivity index (χ4v) is 2.97. The van der Waals surface area contributed by atoms with Crippen LogP contribution >= 0.6 is 15.9 Å². The normalized spacial score (nSPS) is 13.1. The molecule has 27 heavy (non-hydrogen) atoms. The summed E-state index contributed by atoms with van der Waals surface area (Å²) in [6.07, 6.45) is 5.29. The molecule has 1 heterocycles. The first-order chi connectivity index (χ1) is 13.0. The van der Waals surface area contributed by atoms with Gasteiger partial charge in [0.1, 0.15) is 5.75 Å². The largest absolute Gasteiger partial charge is 0.453 e. The first-order valence-electron chi connectivity index (χ1n) is 8.10. The summed E-state index contributed by atoms with van der Waals surface area (Å²) in [5.74, 6) is -0.0509. The fraction of sp³-hybridized carbons (Fsp3) is 0.0952. The number of ether oxygens (including phenoxy) is 1. The molecule has 1 aliphatic heterocycles.